The van der Waals surface area contributed by atoms with Gasteiger partial charge >= 0.3 is 12.0 Å². The second kappa shape index (κ2) is 12.6. The summed E-state index contributed by atoms with van der Waals surface area (Å²) in [6, 6.07) is 15.2. The molecule has 2 fully saturated rings. The average molecular weight is 635 g/mol. The van der Waals surface area contributed by atoms with E-state index < -0.39 is 12.1 Å². The number of benzene rings is 2. The minimum atomic E-state index is -1.22. The Morgan fingerprint density at radius 3 is 1.83 bits per heavy atom. The van der Waals surface area contributed by atoms with Crippen LogP contribution < -0.4 is 5.32 Å². The summed E-state index contributed by atoms with van der Waals surface area (Å²) in [4.78, 5) is 60.2. The Balaban J connectivity index is 1.01. The molecule has 3 amide bonds. The number of nitrogens with zero attached hydrogens (tertiary/aromatic N) is 5. The SMILES string of the molecule is C[C@H](NC(=O)O)C(=O)N1CCC[C@H]1c1ncc(-c2ccc(-c3ccc(-c4cnc([C@@H]5CCCN5C(=O)c5ncco5)[nH]4)cc3)cc2)[nH]1. The highest BCUT2D eigenvalue weighted by Crippen LogP contribution is 2.34. The summed E-state index contributed by atoms with van der Waals surface area (Å²) in [5.74, 6) is 1.04. The maximum Gasteiger partial charge on any atom is 0.405 e. The monoisotopic (exact) mass is 634 g/mol. The van der Waals surface area contributed by atoms with E-state index in [-0.39, 0.29) is 29.8 Å². The van der Waals surface area contributed by atoms with Gasteiger partial charge in [-0.05, 0) is 54.9 Å². The average Bonchev–Trinajstić information content (AvgIpc) is 3.92. The molecule has 7 rings (SSSR count). The molecule has 3 aromatic heterocycles. The van der Waals surface area contributed by atoms with E-state index in [1.807, 2.05) is 24.3 Å². The van der Waals surface area contributed by atoms with Gasteiger partial charge in [0.05, 0.1) is 42.1 Å². The van der Waals surface area contributed by atoms with Crippen molar-refractivity contribution in [3.63, 3.8) is 0 Å². The maximum absolute atomic E-state index is 12.9. The lowest BCUT2D eigenvalue weighted by Crippen LogP contribution is -2.46. The Morgan fingerprint density at radius 1 is 0.809 bits per heavy atom. The van der Waals surface area contributed by atoms with Crippen molar-refractivity contribution in [1.29, 1.82) is 0 Å². The number of carbonyl (C=O) groups excluding carboxylic acids is 2. The van der Waals surface area contributed by atoms with Crippen LogP contribution in [-0.2, 0) is 4.79 Å². The second-order valence-corrected chi connectivity index (χ2v) is 11.9. The van der Waals surface area contributed by atoms with Crippen LogP contribution in [0.25, 0.3) is 33.6 Å². The van der Waals surface area contributed by atoms with E-state index >= 15 is 0 Å². The Morgan fingerprint density at radius 2 is 1.32 bits per heavy atom. The van der Waals surface area contributed by atoms with E-state index in [1.54, 1.807) is 29.1 Å². The number of aromatic amines is 2. The first-order chi connectivity index (χ1) is 22.9. The fourth-order valence-electron chi connectivity index (χ4n) is 6.55. The van der Waals surface area contributed by atoms with E-state index in [0.29, 0.717) is 18.9 Å². The van der Waals surface area contributed by atoms with E-state index in [2.05, 4.69) is 54.5 Å². The molecule has 0 radical (unpaired) electrons. The number of hydrogen-bond acceptors (Lipinski definition) is 7. The van der Waals surface area contributed by atoms with Crippen molar-refractivity contribution >= 4 is 17.9 Å². The number of oxazole rings is 1. The highest BCUT2D eigenvalue weighted by Gasteiger charge is 2.35. The minimum Gasteiger partial charge on any atom is -0.465 e. The number of H-pyrrole nitrogens is 2. The predicted octanol–water partition coefficient (Wildman–Crippen LogP) is 5.42. The van der Waals surface area contributed by atoms with E-state index in [9.17, 15) is 14.4 Å². The van der Waals surface area contributed by atoms with Crippen molar-refractivity contribution in [2.24, 2.45) is 0 Å². The zero-order valence-corrected chi connectivity index (χ0v) is 25.7. The Kier molecular flexibility index (Phi) is 8.02. The number of imidazole rings is 2. The van der Waals surface area contributed by atoms with Gasteiger partial charge in [0, 0.05) is 13.1 Å². The number of nitrogens with one attached hydrogen (secondary N) is 3. The van der Waals surface area contributed by atoms with Gasteiger partial charge in [-0.3, -0.25) is 9.59 Å². The maximum atomic E-state index is 12.9. The van der Waals surface area contributed by atoms with E-state index in [4.69, 9.17) is 9.52 Å². The molecule has 0 aliphatic carbocycles. The van der Waals surface area contributed by atoms with E-state index in [0.717, 1.165) is 65.1 Å². The summed E-state index contributed by atoms with van der Waals surface area (Å²) in [6.07, 6.45) is 8.51. The van der Waals surface area contributed by atoms with Crippen LogP contribution >= 0.6 is 0 Å². The number of hydrogen-bond donors (Lipinski definition) is 4. The molecule has 47 heavy (non-hydrogen) atoms. The molecule has 4 N–H and O–H groups in total. The molecule has 2 aromatic carbocycles. The summed E-state index contributed by atoms with van der Waals surface area (Å²) in [7, 11) is 0. The molecule has 5 heterocycles. The molecule has 0 spiro atoms. The van der Waals surface area contributed by atoms with Gasteiger partial charge in [0.1, 0.15) is 24.0 Å². The van der Waals surface area contributed by atoms with Crippen molar-refractivity contribution in [3.05, 3.63) is 90.9 Å². The summed E-state index contributed by atoms with van der Waals surface area (Å²) in [5, 5.41) is 11.2. The van der Waals surface area contributed by atoms with Crippen LogP contribution in [-0.4, -0.2) is 76.9 Å². The van der Waals surface area contributed by atoms with Gasteiger partial charge in [-0.2, -0.15) is 0 Å². The van der Waals surface area contributed by atoms with Gasteiger partial charge < -0.3 is 34.6 Å². The van der Waals surface area contributed by atoms with Crippen LogP contribution in [0.1, 0.15) is 67.0 Å². The lowest BCUT2D eigenvalue weighted by molar-refractivity contribution is -0.134. The first kappa shape index (κ1) is 30.0. The quantitative estimate of drug-likeness (QED) is 0.175. The molecule has 0 unspecified atom stereocenters. The van der Waals surface area contributed by atoms with Crippen LogP contribution in [0, 0.1) is 0 Å². The molecule has 0 saturated carbocycles. The van der Waals surface area contributed by atoms with Crippen LogP contribution in [0.4, 0.5) is 4.79 Å². The van der Waals surface area contributed by atoms with Gasteiger partial charge in [-0.15, -0.1) is 0 Å². The largest absolute Gasteiger partial charge is 0.465 e. The number of carboxylic acid groups (broad SMARTS) is 1. The second-order valence-electron chi connectivity index (χ2n) is 11.9. The molecule has 2 aliphatic rings. The third-order valence-corrected chi connectivity index (χ3v) is 8.92. The van der Waals surface area contributed by atoms with Crippen LogP contribution in [0.5, 0.6) is 0 Å². The van der Waals surface area contributed by atoms with Crippen LogP contribution in [0.15, 0.2) is 77.8 Å². The van der Waals surface area contributed by atoms with Crippen LogP contribution in [0.3, 0.4) is 0 Å². The molecule has 0 bridgehead atoms. The molecular weight excluding hydrogens is 600 g/mol. The Bertz CT molecular complexity index is 1880. The highest BCUT2D eigenvalue weighted by molar-refractivity contribution is 5.90. The zero-order valence-electron chi connectivity index (χ0n) is 25.7. The smallest absolute Gasteiger partial charge is 0.405 e. The molecule has 240 valence electrons. The molecular formula is C34H34N8O5. The van der Waals surface area contributed by atoms with Gasteiger partial charge in [-0.1, -0.05) is 48.5 Å². The Hall–Kier alpha value is -5.72. The predicted molar refractivity (Wildman–Crippen MR) is 171 cm³/mol. The third kappa shape index (κ3) is 5.99. The minimum absolute atomic E-state index is 0.0918. The Labute approximate surface area is 270 Å². The molecule has 3 atom stereocenters. The van der Waals surface area contributed by atoms with Crippen molar-refractivity contribution in [3.8, 4) is 33.6 Å². The van der Waals surface area contributed by atoms with Crippen molar-refractivity contribution < 1.29 is 23.9 Å². The first-order valence-electron chi connectivity index (χ1n) is 15.7. The summed E-state index contributed by atoms with van der Waals surface area (Å²) < 4.78 is 5.22. The lowest BCUT2D eigenvalue weighted by atomic mass is 10.0. The van der Waals surface area contributed by atoms with Crippen molar-refractivity contribution in [2.75, 3.05) is 13.1 Å². The van der Waals surface area contributed by atoms with Crippen molar-refractivity contribution in [1.82, 2.24) is 40.0 Å². The summed E-state index contributed by atoms with van der Waals surface area (Å²) in [6.45, 7) is 2.74. The third-order valence-electron chi connectivity index (χ3n) is 8.92. The fraction of sp³-hybridized carbons (Fsp3) is 0.294. The van der Waals surface area contributed by atoms with Gasteiger partial charge in [0.15, 0.2) is 0 Å². The lowest BCUT2D eigenvalue weighted by Gasteiger charge is -2.26. The zero-order chi connectivity index (χ0) is 32.5. The molecule has 2 saturated heterocycles. The number of likely N-dealkylation sites (tertiary alicyclic amines) is 2. The topological polar surface area (TPSA) is 173 Å². The van der Waals surface area contributed by atoms with Gasteiger partial charge in [0.25, 0.3) is 5.89 Å². The number of rotatable bonds is 8. The number of amides is 3. The molecule has 13 nitrogen and oxygen atoms in total. The van der Waals surface area contributed by atoms with Gasteiger partial charge in [0.2, 0.25) is 5.91 Å². The summed E-state index contributed by atoms with van der Waals surface area (Å²) >= 11 is 0. The van der Waals surface area contributed by atoms with Crippen molar-refractivity contribution in [2.45, 2.75) is 50.7 Å². The van der Waals surface area contributed by atoms with E-state index in [1.165, 1.54) is 12.5 Å². The number of aromatic nitrogens is 5. The fourth-order valence-corrected chi connectivity index (χ4v) is 6.55. The highest BCUT2D eigenvalue weighted by atomic mass is 16.4. The summed E-state index contributed by atoms with van der Waals surface area (Å²) in [5.41, 5.74) is 5.80. The molecule has 5 aromatic rings. The first-order valence-corrected chi connectivity index (χ1v) is 15.7. The van der Waals surface area contributed by atoms with Gasteiger partial charge in [-0.25, -0.2) is 19.7 Å². The standard InChI is InChI=1S/C34H34N8O5/c1-20(38-34(45)46)32(43)41-15-2-4-27(41)29-36-18-25(39-29)23-10-6-21(7-11-23)22-8-12-24(13-9-22)26-19-37-30(40-26)28-5-3-16-42(28)33(44)31-35-14-17-47-31/h6-14,17-20,27-28,38H,2-5,15-16H2,1H3,(H,36,39)(H,37,40)(H,45,46)/t20-,27-,28-/m0/s1. The van der Waals surface area contributed by atoms with Crippen LogP contribution in [0.2, 0.25) is 0 Å². The molecule has 2 aliphatic heterocycles. The molecule has 13 heteroatoms. The normalized spacial score (nSPS) is 18.4. The number of carbonyl (C=O) groups is 3.